The van der Waals surface area contributed by atoms with E-state index in [4.69, 9.17) is 4.74 Å². The Kier molecular flexibility index (Phi) is 4.86. The lowest BCUT2D eigenvalue weighted by Crippen LogP contribution is -2.11. The predicted octanol–water partition coefficient (Wildman–Crippen LogP) is 5.02. The third-order valence-electron chi connectivity index (χ3n) is 3.13. The molecule has 0 aromatic heterocycles. The number of anilines is 1. The summed E-state index contributed by atoms with van der Waals surface area (Å²) in [4.78, 5) is 0. The fourth-order valence-electron chi connectivity index (χ4n) is 2.11. The van der Waals surface area contributed by atoms with Gasteiger partial charge in [-0.1, -0.05) is 53.2 Å². The Morgan fingerprint density at radius 2 is 1.79 bits per heavy atom. The molecule has 0 saturated heterocycles. The maximum atomic E-state index is 5.38. The fraction of sp³-hybridized carbons (Fsp3) is 0.250. The zero-order valence-electron chi connectivity index (χ0n) is 11.2. The van der Waals surface area contributed by atoms with Crippen LogP contribution in [0.2, 0.25) is 0 Å². The summed E-state index contributed by atoms with van der Waals surface area (Å²) in [6.07, 6.45) is 1.00. The number of rotatable bonds is 5. The molecule has 0 bridgehead atoms. The third-order valence-corrected chi connectivity index (χ3v) is 3.85. The van der Waals surface area contributed by atoms with E-state index in [2.05, 4.69) is 46.4 Å². The van der Waals surface area contributed by atoms with Gasteiger partial charge in [-0.05, 0) is 30.2 Å². The van der Waals surface area contributed by atoms with E-state index in [0.717, 1.165) is 22.3 Å². The van der Waals surface area contributed by atoms with Gasteiger partial charge in [-0.3, -0.25) is 0 Å². The third kappa shape index (κ3) is 3.29. The average molecular weight is 320 g/mol. The van der Waals surface area contributed by atoms with Crippen LogP contribution < -0.4 is 10.1 Å². The van der Waals surface area contributed by atoms with Gasteiger partial charge in [-0.2, -0.15) is 0 Å². The van der Waals surface area contributed by atoms with E-state index in [-0.39, 0.29) is 6.04 Å². The number of benzene rings is 2. The van der Waals surface area contributed by atoms with Gasteiger partial charge in [-0.25, -0.2) is 0 Å². The van der Waals surface area contributed by atoms with Gasteiger partial charge in [-0.15, -0.1) is 0 Å². The normalized spacial score (nSPS) is 11.9. The molecule has 100 valence electrons. The monoisotopic (exact) mass is 319 g/mol. The van der Waals surface area contributed by atoms with Crippen LogP contribution >= 0.6 is 15.9 Å². The van der Waals surface area contributed by atoms with Gasteiger partial charge in [0.25, 0.3) is 0 Å². The molecule has 0 heterocycles. The van der Waals surface area contributed by atoms with Crippen LogP contribution in [0.25, 0.3) is 0 Å². The summed E-state index contributed by atoms with van der Waals surface area (Å²) >= 11 is 3.62. The Morgan fingerprint density at radius 3 is 2.47 bits per heavy atom. The van der Waals surface area contributed by atoms with Gasteiger partial charge in [0, 0.05) is 4.47 Å². The van der Waals surface area contributed by atoms with Gasteiger partial charge in [0.05, 0.1) is 18.8 Å². The van der Waals surface area contributed by atoms with Crippen LogP contribution in [-0.4, -0.2) is 7.11 Å². The number of para-hydroxylation sites is 2. The zero-order chi connectivity index (χ0) is 13.7. The molecule has 0 unspecified atom stereocenters. The van der Waals surface area contributed by atoms with Crippen LogP contribution in [-0.2, 0) is 0 Å². The van der Waals surface area contributed by atoms with E-state index >= 15 is 0 Å². The van der Waals surface area contributed by atoms with Gasteiger partial charge in [0.2, 0.25) is 0 Å². The standard InChI is InChI=1S/C16H18BrNO/c1-3-14(12-8-4-5-9-13(12)17)18-15-10-6-7-11-16(15)19-2/h4-11,14,18H,3H2,1-2H3/t14-/m0/s1. The second-order valence-corrected chi connectivity index (χ2v) is 5.18. The topological polar surface area (TPSA) is 21.3 Å². The molecule has 1 N–H and O–H groups in total. The van der Waals surface area contributed by atoms with Crippen molar-refractivity contribution in [2.75, 3.05) is 12.4 Å². The number of methoxy groups -OCH3 is 1. The number of nitrogens with one attached hydrogen (secondary N) is 1. The molecule has 2 nitrogen and oxygen atoms in total. The van der Waals surface area contributed by atoms with Crippen molar-refractivity contribution in [3.63, 3.8) is 0 Å². The van der Waals surface area contributed by atoms with Crippen LogP contribution in [0.1, 0.15) is 24.9 Å². The van der Waals surface area contributed by atoms with E-state index in [0.29, 0.717) is 0 Å². The molecule has 19 heavy (non-hydrogen) atoms. The Hall–Kier alpha value is -1.48. The minimum atomic E-state index is 0.256. The van der Waals surface area contributed by atoms with Crippen LogP contribution in [0.3, 0.4) is 0 Å². The van der Waals surface area contributed by atoms with Crippen LogP contribution in [0.4, 0.5) is 5.69 Å². The van der Waals surface area contributed by atoms with Crippen LogP contribution in [0.15, 0.2) is 53.0 Å². The Bertz CT molecular complexity index is 542. The number of ether oxygens (including phenoxy) is 1. The summed E-state index contributed by atoms with van der Waals surface area (Å²) < 4.78 is 6.51. The predicted molar refractivity (Wildman–Crippen MR) is 83.8 cm³/mol. The lowest BCUT2D eigenvalue weighted by molar-refractivity contribution is 0.416. The van der Waals surface area contributed by atoms with Crippen molar-refractivity contribution in [1.29, 1.82) is 0 Å². The first-order valence-electron chi connectivity index (χ1n) is 6.40. The van der Waals surface area contributed by atoms with E-state index in [9.17, 15) is 0 Å². The van der Waals surface area contributed by atoms with Crippen molar-refractivity contribution in [3.8, 4) is 5.75 Å². The highest BCUT2D eigenvalue weighted by atomic mass is 79.9. The highest BCUT2D eigenvalue weighted by molar-refractivity contribution is 9.10. The molecule has 0 aliphatic heterocycles. The maximum absolute atomic E-state index is 5.38. The lowest BCUT2D eigenvalue weighted by Gasteiger charge is -2.21. The second-order valence-electron chi connectivity index (χ2n) is 4.33. The summed E-state index contributed by atoms with van der Waals surface area (Å²) in [5, 5.41) is 3.55. The quantitative estimate of drug-likeness (QED) is 0.835. The highest BCUT2D eigenvalue weighted by Gasteiger charge is 2.13. The molecule has 0 aliphatic rings. The van der Waals surface area contributed by atoms with E-state index in [1.165, 1.54) is 5.56 Å². The second kappa shape index (κ2) is 6.62. The smallest absolute Gasteiger partial charge is 0.141 e. The first-order valence-corrected chi connectivity index (χ1v) is 7.19. The average Bonchev–Trinajstić information content (AvgIpc) is 2.46. The molecule has 3 heteroatoms. The van der Waals surface area contributed by atoms with Crippen LogP contribution in [0.5, 0.6) is 5.75 Å². The van der Waals surface area contributed by atoms with Gasteiger partial charge in [0.1, 0.15) is 5.75 Å². The highest BCUT2D eigenvalue weighted by Crippen LogP contribution is 2.32. The van der Waals surface area contributed by atoms with Gasteiger partial charge < -0.3 is 10.1 Å². The number of halogens is 1. The molecule has 0 radical (unpaired) electrons. The van der Waals surface area contributed by atoms with Crippen molar-refractivity contribution in [1.82, 2.24) is 0 Å². The zero-order valence-corrected chi connectivity index (χ0v) is 12.8. The molecule has 2 aromatic carbocycles. The molecule has 2 aromatic rings. The molecule has 0 amide bonds. The molecule has 0 spiro atoms. The van der Waals surface area contributed by atoms with Crippen molar-refractivity contribution < 1.29 is 4.74 Å². The lowest BCUT2D eigenvalue weighted by atomic mass is 10.0. The summed E-state index contributed by atoms with van der Waals surface area (Å²) in [6.45, 7) is 2.17. The first-order chi connectivity index (χ1) is 9.26. The summed E-state index contributed by atoms with van der Waals surface area (Å²) in [5.74, 6) is 0.869. The molecule has 2 rings (SSSR count). The minimum Gasteiger partial charge on any atom is -0.495 e. The Balaban J connectivity index is 2.27. The maximum Gasteiger partial charge on any atom is 0.141 e. The van der Waals surface area contributed by atoms with E-state index < -0.39 is 0 Å². The summed E-state index contributed by atoms with van der Waals surface area (Å²) in [6, 6.07) is 16.6. The summed E-state index contributed by atoms with van der Waals surface area (Å²) in [5.41, 5.74) is 2.28. The molecule has 0 saturated carbocycles. The van der Waals surface area contributed by atoms with Crippen molar-refractivity contribution in [2.45, 2.75) is 19.4 Å². The molecular formula is C16H18BrNO. The SMILES string of the molecule is CC[C@H](Nc1ccccc1OC)c1ccccc1Br. The van der Waals surface area contributed by atoms with E-state index in [1.54, 1.807) is 7.11 Å². The van der Waals surface area contributed by atoms with Crippen LogP contribution in [0, 0.1) is 0 Å². The minimum absolute atomic E-state index is 0.256. The molecule has 1 atom stereocenters. The number of hydrogen-bond acceptors (Lipinski definition) is 2. The molecule has 0 fully saturated rings. The molecular weight excluding hydrogens is 302 g/mol. The number of hydrogen-bond donors (Lipinski definition) is 1. The first kappa shape index (κ1) is 13.9. The Labute approximate surface area is 122 Å². The fourth-order valence-corrected chi connectivity index (χ4v) is 2.67. The van der Waals surface area contributed by atoms with E-state index in [1.807, 2.05) is 30.3 Å². The van der Waals surface area contributed by atoms with Crippen molar-refractivity contribution in [3.05, 3.63) is 58.6 Å². The van der Waals surface area contributed by atoms with Gasteiger partial charge in [0.15, 0.2) is 0 Å². The summed E-state index contributed by atoms with van der Waals surface area (Å²) in [7, 11) is 1.69. The largest absolute Gasteiger partial charge is 0.495 e. The molecule has 0 aliphatic carbocycles. The Morgan fingerprint density at radius 1 is 1.11 bits per heavy atom. The van der Waals surface area contributed by atoms with Gasteiger partial charge >= 0.3 is 0 Å². The van der Waals surface area contributed by atoms with Crippen molar-refractivity contribution >= 4 is 21.6 Å². The van der Waals surface area contributed by atoms with Crippen molar-refractivity contribution in [2.24, 2.45) is 0 Å².